The van der Waals surface area contributed by atoms with E-state index < -0.39 is 29.0 Å². The number of benzene rings is 1. The number of hydroxylamine groups is 2. The monoisotopic (exact) mass is 321 g/mol. The van der Waals surface area contributed by atoms with Crippen molar-refractivity contribution in [3.8, 4) is 0 Å². The van der Waals surface area contributed by atoms with Crippen molar-refractivity contribution in [1.82, 2.24) is 5.06 Å². The second-order valence-electron chi connectivity index (χ2n) is 4.58. The number of fused-ring (bicyclic) bond motifs is 1. The number of carbonyl (C=O) groups is 3. The first-order valence-electron chi connectivity index (χ1n) is 6.27. The molecule has 1 aromatic carbocycles. The van der Waals surface area contributed by atoms with E-state index in [2.05, 4.69) is 4.84 Å². The van der Waals surface area contributed by atoms with Gasteiger partial charge in [-0.2, -0.15) is 0 Å². The molecule has 1 aliphatic heterocycles. The first kappa shape index (κ1) is 14.3. The Balaban J connectivity index is 1.95. The van der Waals surface area contributed by atoms with Crippen LogP contribution in [0.3, 0.4) is 0 Å². The largest absolute Gasteiger partial charge is 0.449 e. The molecule has 0 bridgehead atoms. The summed E-state index contributed by atoms with van der Waals surface area (Å²) in [5.74, 6) is -2.74. The van der Waals surface area contributed by atoms with Crippen molar-refractivity contribution >= 4 is 40.4 Å². The standard InChI is InChI=1S/C14H8ClNO6/c15-7-1-2-10-8(5-7)9(17)6-11(21-10)14(20)22-16-12(18)3-4-13(16)19/h1-2,5-6H,3-4H2. The van der Waals surface area contributed by atoms with Crippen molar-refractivity contribution in [2.75, 3.05) is 0 Å². The van der Waals surface area contributed by atoms with Crippen molar-refractivity contribution in [2.45, 2.75) is 12.8 Å². The van der Waals surface area contributed by atoms with Crippen molar-refractivity contribution in [2.24, 2.45) is 0 Å². The van der Waals surface area contributed by atoms with Crippen LogP contribution >= 0.6 is 11.6 Å². The van der Waals surface area contributed by atoms with E-state index in [1.807, 2.05) is 0 Å². The molecule has 0 unspecified atom stereocenters. The molecule has 22 heavy (non-hydrogen) atoms. The topological polar surface area (TPSA) is 93.9 Å². The third-order valence-electron chi connectivity index (χ3n) is 3.07. The molecule has 1 saturated heterocycles. The summed E-state index contributed by atoms with van der Waals surface area (Å²) in [6.45, 7) is 0. The fourth-order valence-corrected chi connectivity index (χ4v) is 2.19. The summed E-state index contributed by atoms with van der Waals surface area (Å²) in [4.78, 5) is 51.3. The summed E-state index contributed by atoms with van der Waals surface area (Å²) in [5.41, 5.74) is -0.349. The molecule has 2 heterocycles. The van der Waals surface area contributed by atoms with E-state index in [4.69, 9.17) is 16.0 Å². The van der Waals surface area contributed by atoms with E-state index in [0.29, 0.717) is 10.1 Å². The normalized spacial score (nSPS) is 14.7. The quantitative estimate of drug-likeness (QED) is 0.781. The van der Waals surface area contributed by atoms with Gasteiger partial charge in [0.1, 0.15) is 5.58 Å². The molecular formula is C14H8ClNO6. The third kappa shape index (κ3) is 2.46. The number of hydrogen-bond acceptors (Lipinski definition) is 6. The minimum absolute atomic E-state index is 0.0215. The molecule has 0 saturated carbocycles. The lowest BCUT2D eigenvalue weighted by molar-refractivity contribution is -0.173. The van der Waals surface area contributed by atoms with Crippen molar-refractivity contribution in [3.05, 3.63) is 45.3 Å². The number of hydrogen-bond donors (Lipinski definition) is 0. The van der Waals surface area contributed by atoms with E-state index in [1.165, 1.54) is 18.2 Å². The predicted octanol–water partition coefficient (Wildman–Crippen LogP) is 1.67. The fraction of sp³-hybridized carbons (Fsp3) is 0.143. The van der Waals surface area contributed by atoms with Gasteiger partial charge in [0.25, 0.3) is 11.8 Å². The second kappa shape index (κ2) is 5.27. The van der Waals surface area contributed by atoms with Gasteiger partial charge in [-0.3, -0.25) is 14.4 Å². The predicted molar refractivity (Wildman–Crippen MR) is 74.0 cm³/mol. The summed E-state index contributed by atoms with van der Waals surface area (Å²) in [6, 6.07) is 5.26. The molecule has 8 heteroatoms. The van der Waals surface area contributed by atoms with Crippen molar-refractivity contribution < 1.29 is 23.6 Å². The van der Waals surface area contributed by atoms with E-state index in [0.717, 1.165) is 6.07 Å². The number of imide groups is 1. The smallest absolute Gasteiger partial charge is 0.399 e. The molecule has 2 aromatic rings. The average molecular weight is 322 g/mol. The lowest BCUT2D eigenvalue weighted by atomic mass is 10.2. The lowest BCUT2D eigenvalue weighted by Gasteiger charge is -2.11. The number of amides is 2. The highest BCUT2D eigenvalue weighted by Crippen LogP contribution is 2.19. The number of carbonyl (C=O) groups excluding carboxylic acids is 3. The highest BCUT2D eigenvalue weighted by molar-refractivity contribution is 6.31. The Bertz CT molecular complexity index is 855. The average Bonchev–Trinajstić information content (AvgIpc) is 2.79. The Kier molecular flexibility index (Phi) is 3.42. The summed E-state index contributed by atoms with van der Waals surface area (Å²) in [5, 5.41) is 0.940. The molecule has 3 rings (SSSR count). The van der Waals surface area contributed by atoms with Gasteiger partial charge in [-0.05, 0) is 18.2 Å². The van der Waals surface area contributed by atoms with Crippen molar-refractivity contribution in [1.29, 1.82) is 0 Å². The Morgan fingerprint density at radius 2 is 1.82 bits per heavy atom. The summed E-state index contributed by atoms with van der Waals surface area (Å²) in [6.07, 6.45) is -0.0431. The number of halogens is 1. The summed E-state index contributed by atoms with van der Waals surface area (Å²) < 4.78 is 5.26. The van der Waals surface area contributed by atoms with Crippen LogP contribution in [0, 0.1) is 0 Å². The Labute approximate surface area is 128 Å². The van der Waals surface area contributed by atoms with Crippen LogP contribution in [0.5, 0.6) is 0 Å². The van der Waals surface area contributed by atoms with Crippen LogP contribution in [0.2, 0.25) is 5.02 Å². The zero-order chi connectivity index (χ0) is 15.9. The molecule has 0 aliphatic carbocycles. The molecule has 0 spiro atoms. The summed E-state index contributed by atoms with van der Waals surface area (Å²) >= 11 is 5.78. The molecule has 1 aromatic heterocycles. The van der Waals surface area contributed by atoms with Gasteiger partial charge >= 0.3 is 5.97 Å². The van der Waals surface area contributed by atoms with Gasteiger partial charge in [-0.1, -0.05) is 11.6 Å². The Morgan fingerprint density at radius 1 is 1.14 bits per heavy atom. The zero-order valence-corrected chi connectivity index (χ0v) is 11.8. The van der Waals surface area contributed by atoms with E-state index in [1.54, 1.807) is 0 Å². The Morgan fingerprint density at radius 3 is 2.50 bits per heavy atom. The van der Waals surface area contributed by atoms with Crippen LogP contribution in [-0.2, 0) is 14.4 Å². The summed E-state index contributed by atoms with van der Waals surface area (Å²) in [7, 11) is 0. The second-order valence-corrected chi connectivity index (χ2v) is 5.01. The number of rotatable bonds is 2. The third-order valence-corrected chi connectivity index (χ3v) is 3.31. The SMILES string of the molecule is O=C(ON1C(=O)CCC1=O)c1cc(=O)c2cc(Cl)ccc2o1. The maximum absolute atomic E-state index is 11.9. The molecule has 112 valence electrons. The molecular weight excluding hydrogens is 314 g/mol. The minimum Gasteiger partial charge on any atom is -0.449 e. The van der Waals surface area contributed by atoms with E-state index >= 15 is 0 Å². The molecule has 2 amide bonds. The first-order valence-corrected chi connectivity index (χ1v) is 6.65. The maximum atomic E-state index is 11.9. The minimum atomic E-state index is -1.10. The van der Waals surface area contributed by atoms with Gasteiger partial charge < -0.3 is 9.25 Å². The van der Waals surface area contributed by atoms with Crippen LogP contribution in [0.25, 0.3) is 11.0 Å². The van der Waals surface area contributed by atoms with Gasteiger partial charge in [0.2, 0.25) is 5.76 Å². The van der Waals surface area contributed by atoms with Crippen LogP contribution in [0.15, 0.2) is 33.5 Å². The lowest BCUT2D eigenvalue weighted by Crippen LogP contribution is -2.32. The maximum Gasteiger partial charge on any atom is 0.399 e. The highest BCUT2D eigenvalue weighted by atomic mass is 35.5. The molecule has 0 atom stereocenters. The van der Waals surface area contributed by atoms with Gasteiger partial charge in [-0.15, -0.1) is 5.06 Å². The van der Waals surface area contributed by atoms with E-state index in [-0.39, 0.29) is 23.8 Å². The van der Waals surface area contributed by atoms with Crippen molar-refractivity contribution in [3.63, 3.8) is 0 Å². The molecule has 1 aliphatic rings. The molecule has 1 fully saturated rings. The van der Waals surface area contributed by atoms with Crippen LogP contribution < -0.4 is 5.43 Å². The van der Waals surface area contributed by atoms with Gasteiger partial charge in [0, 0.05) is 23.9 Å². The van der Waals surface area contributed by atoms with Crippen LogP contribution in [0.4, 0.5) is 0 Å². The Hall–Kier alpha value is -2.67. The van der Waals surface area contributed by atoms with E-state index in [9.17, 15) is 19.2 Å². The first-order chi connectivity index (χ1) is 10.5. The zero-order valence-electron chi connectivity index (χ0n) is 11.0. The number of nitrogens with zero attached hydrogens (tertiary/aromatic N) is 1. The van der Waals surface area contributed by atoms with Gasteiger partial charge in [0.05, 0.1) is 5.39 Å². The molecule has 7 nitrogen and oxygen atoms in total. The van der Waals surface area contributed by atoms with Gasteiger partial charge in [-0.25, -0.2) is 4.79 Å². The van der Waals surface area contributed by atoms with Crippen LogP contribution in [-0.4, -0.2) is 22.8 Å². The van der Waals surface area contributed by atoms with Crippen LogP contribution in [0.1, 0.15) is 23.4 Å². The highest BCUT2D eigenvalue weighted by Gasteiger charge is 2.33. The fourth-order valence-electron chi connectivity index (χ4n) is 2.01. The molecule has 0 radical (unpaired) electrons. The molecule has 0 N–H and O–H groups in total. The van der Waals surface area contributed by atoms with Gasteiger partial charge in [0.15, 0.2) is 5.43 Å².